The normalized spacial score (nSPS) is 12.0. The van der Waals surface area contributed by atoms with E-state index >= 15 is 0 Å². The van der Waals surface area contributed by atoms with Crippen molar-refractivity contribution in [3.8, 4) is 0 Å². The summed E-state index contributed by atoms with van der Waals surface area (Å²) >= 11 is 0. The summed E-state index contributed by atoms with van der Waals surface area (Å²) in [4.78, 5) is 23.3. The minimum absolute atomic E-state index is 0.105. The van der Waals surface area contributed by atoms with Gasteiger partial charge in [-0.1, -0.05) is 194 Å². The van der Waals surface area contributed by atoms with Crippen LogP contribution in [0.2, 0.25) is 0 Å². The van der Waals surface area contributed by atoms with E-state index in [9.17, 15) is 9.59 Å². The van der Waals surface area contributed by atoms with Crippen LogP contribution in [0.1, 0.15) is 226 Å². The van der Waals surface area contributed by atoms with Gasteiger partial charge >= 0.3 is 5.97 Å². The molecule has 0 heterocycles. The lowest BCUT2D eigenvalue weighted by Crippen LogP contribution is -2.18. The predicted octanol–water partition coefficient (Wildman–Crippen LogP) is 13.0. The minimum Gasteiger partial charge on any atom is -0.462 e. The molecule has 0 saturated heterocycles. The average molecular weight is 579 g/mol. The van der Waals surface area contributed by atoms with Crippen molar-refractivity contribution in [2.24, 2.45) is 0 Å². The van der Waals surface area contributed by atoms with Crippen molar-refractivity contribution < 1.29 is 14.3 Å². The number of hydrogen-bond donors (Lipinski definition) is 0. The molecule has 0 aromatic rings. The van der Waals surface area contributed by atoms with Crippen molar-refractivity contribution in [3.05, 3.63) is 0 Å². The molecule has 0 aliphatic heterocycles. The van der Waals surface area contributed by atoms with E-state index in [1.807, 2.05) is 0 Å². The Hall–Kier alpha value is -0.860. The molecule has 1 atom stereocenters. The summed E-state index contributed by atoms with van der Waals surface area (Å²) in [5.41, 5.74) is 0. The lowest BCUT2D eigenvalue weighted by Gasteiger charge is -2.15. The van der Waals surface area contributed by atoms with Gasteiger partial charge in [0.05, 0.1) is 0 Å². The molecule has 244 valence electrons. The number of esters is 1. The molecule has 1 unspecified atom stereocenters. The summed E-state index contributed by atoms with van der Waals surface area (Å²) in [7, 11) is 0. The third-order valence-electron chi connectivity index (χ3n) is 8.77. The lowest BCUT2D eigenvalue weighted by atomic mass is 10.0. The monoisotopic (exact) mass is 579 g/mol. The molecule has 41 heavy (non-hydrogen) atoms. The molecule has 0 saturated carbocycles. The highest BCUT2D eigenvalue weighted by atomic mass is 16.5. The molecule has 0 fully saturated rings. The summed E-state index contributed by atoms with van der Waals surface area (Å²) in [6.45, 7) is 4.56. The number of unbranched alkanes of at least 4 members (excludes halogenated alkanes) is 28. The first-order chi connectivity index (χ1) is 20.2. The van der Waals surface area contributed by atoms with Gasteiger partial charge in [0.15, 0.2) is 0 Å². The van der Waals surface area contributed by atoms with Crippen LogP contribution in [0.5, 0.6) is 0 Å². The number of ether oxygens (including phenoxy) is 1. The second-order valence-electron chi connectivity index (χ2n) is 13.0. The molecule has 0 aromatic heterocycles. The van der Waals surface area contributed by atoms with Gasteiger partial charge in [-0.25, -0.2) is 0 Å². The Morgan fingerprint density at radius 3 is 1.07 bits per heavy atom. The highest BCUT2D eigenvalue weighted by molar-refractivity contribution is 5.69. The molecule has 0 aliphatic rings. The summed E-state index contributed by atoms with van der Waals surface area (Å²) in [6, 6.07) is 0. The van der Waals surface area contributed by atoms with Crippen LogP contribution in [0.3, 0.4) is 0 Å². The van der Waals surface area contributed by atoms with Crippen molar-refractivity contribution in [2.45, 2.75) is 232 Å². The average Bonchev–Trinajstić information content (AvgIpc) is 2.97. The van der Waals surface area contributed by atoms with Gasteiger partial charge in [-0.3, -0.25) is 4.79 Å². The largest absolute Gasteiger partial charge is 0.462 e. The van der Waals surface area contributed by atoms with E-state index in [-0.39, 0.29) is 12.1 Å². The van der Waals surface area contributed by atoms with E-state index in [1.54, 1.807) is 0 Å². The quantitative estimate of drug-likeness (QED) is 0.0427. The topological polar surface area (TPSA) is 43.4 Å². The van der Waals surface area contributed by atoms with E-state index in [0.29, 0.717) is 12.8 Å². The van der Waals surface area contributed by atoms with Gasteiger partial charge < -0.3 is 9.53 Å². The van der Waals surface area contributed by atoms with Crippen LogP contribution in [0.15, 0.2) is 0 Å². The zero-order valence-corrected chi connectivity index (χ0v) is 28.2. The van der Waals surface area contributed by atoms with E-state index in [0.717, 1.165) is 32.0 Å². The van der Waals surface area contributed by atoms with Crippen LogP contribution in [0.4, 0.5) is 0 Å². The van der Waals surface area contributed by atoms with Crippen LogP contribution in [0.25, 0.3) is 0 Å². The Morgan fingerprint density at radius 1 is 0.463 bits per heavy atom. The van der Waals surface area contributed by atoms with E-state index < -0.39 is 0 Å². The Balaban J connectivity index is 3.45. The highest BCUT2D eigenvalue weighted by Gasteiger charge is 2.13. The Labute approximate surface area is 258 Å². The SMILES string of the molecule is CCCCCCCCCCCCCCCCCCCCCC(=O)OC(CC=O)CCCCCCCCCCCCC. The molecule has 0 radical (unpaired) electrons. The maximum atomic E-state index is 12.3. The zero-order chi connectivity index (χ0) is 29.9. The first-order valence-electron chi connectivity index (χ1n) is 18.9. The van der Waals surface area contributed by atoms with Gasteiger partial charge in [-0.05, 0) is 19.3 Å². The van der Waals surface area contributed by atoms with Crippen molar-refractivity contribution in [1.82, 2.24) is 0 Å². The molecule has 0 rings (SSSR count). The van der Waals surface area contributed by atoms with Gasteiger partial charge in [-0.2, -0.15) is 0 Å². The fourth-order valence-electron chi connectivity index (χ4n) is 5.96. The van der Waals surface area contributed by atoms with E-state index in [4.69, 9.17) is 4.74 Å². The standard InChI is InChI=1S/C38H74O3/c1-3-5-7-9-11-13-15-16-17-18-19-20-21-22-24-26-28-30-32-34-38(40)41-37(35-36-39)33-31-29-27-25-23-14-12-10-8-6-4-2/h36-37H,3-35H2,1-2H3. The molecule has 0 amide bonds. The molecular weight excluding hydrogens is 504 g/mol. The van der Waals surface area contributed by atoms with Gasteiger partial charge in [-0.15, -0.1) is 0 Å². The van der Waals surface area contributed by atoms with Crippen LogP contribution >= 0.6 is 0 Å². The summed E-state index contributed by atoms with van der Waals surface area (Å²) < 4.78 is 5.65. The molecule has 0 bridgehead atoms. The fraction of sp³-hybridized carbons (Fsp3) is 0.947. The lowest BCUT2D eigenvalue weighted by molar-refractivity contribution is -0.150. The number of carbonyl (C=O) groups is 2. The maximum Gasteiger partial charge on any atom is 0.306 e. The number of aldehydes is 1. The maximum absolute atomic E-state index is 12.3. The van der Waals surface area contributed by atoms with Crippen molar-refractivity contribution in [3.63, 3.8) is 0 Å². The van der Waals surface area contributed by atoms with Crippen LogP contribution in [0, 0.1) is 0 Å². The van der Waals surface area contributed by atoms with Crippen molar-refractivity contribution in [2.75, 3.05) is 0 Å². The van der Waals surface area contributed by atoms with E-state index in [1.165, 1.54) is 173 Å². The summed E-state index contributed by atoms with van der Waals surface area (Å²) in [6.07, 6.45) is 42.6. The van der Waals surface area contributed by atoms with Crippen molar-refractivity contribution in [1.29, 1.82) is 0 Å². The molecule has 0 aromatic carbocycles. The Kier molecular flexibility index (Phi) is 34.6. The van der Waals surface area contributed by atoms with Crippen molar-refractivity contribution >= 4 is 12.3 Å². The fourth-order valence-corrected chi connectivity index (χ4v) is 5.96. The first-order valence-corrected chi connectivity index (χ1v) is 18.9. The number of carbonyl (C=O) groups excluding carboxylic acids is 2. The second kappa shape index (κ2) is 35.3. The summed E-state index contributed by atoms with van der Waals surface area (Å²) in [5.74, 6) is -0.105. The number of hydrogen-bond acceptors (Lipinski definition) is 3. The smallest absolute Gasteiger partial charge is 0.306 e. The molecule has 3 heteroatoms. The first kappa shape index (κ1) is 40.1. The molecule has 0 spiro atoms. The van der Waals surface area contributed by atoms with E-state index in [2.05, 4.69) is 13.8 Å². The third kappa shape index (κ3) is 33.5. The van der Waals surface area contributed by atoms with Crippen LogP contribution in [-0.2, 0) is 14.3 Å². The van der Waals surface area contributed by atoms with Crippen LogP contribution < -0.4 is 0 Å². The zero-order valence-electron chi connectivity index (χ0n) is 28.2. The van der Waals surface area contributed by atoms with Gasteiger partial charge in [0.2, 0.25) is 0 Å². The highest BCUT2D eigenvalue weighted by Crippen LogP contribution is 2.17. The van der Waals surface area contributed by atoms with Crippen LogP contribution in [-0.4, -0.2) is 18.4 Å². The predicted molar refractivity (Wildman–Crippen MR) is 180 cm³/mol. The molecule has 3 nitrogen and oxygen atoms in total. The minimum atomic E-state index is -0.209. The Morgan fingerprint density at radius 2 is 0.756 bits per heavy atom. The number of rotatable bonds is 35. The third-order valence-corrected chi connectivity index (χ3v) is 8.77. The van der Waals surface area contributed by atoms with Gasteiger partial charge in [0.1, 0.15) is 12.4 Å². The van der Waals surface area contributed by atoms with Gasteiger partial charge in [0, 0.05) is 12.8 Å². The summed E-state index contributed by atoms with van der Waals surface area (Å²) in [5, 5.41) is 0. The van der Waals surface area contributed by atoms with Gasteiger partial charge in [0.25, 0.3) is 0 Å². The molecule has 0 aliphatic carbocycles. The Bertz CT molecular complexity index is 518. The second-order valence-corrected chi connectivity index (χ2v) is 13.0. The molecular formula is C38H74O3. The molecule has 0 N–H and O–H groups in total.